The molecule has 2 rings (SSSR count). The zero-order valence-electron chi connectivity index (χ0n) is 4.70. The van der Waals surface area contributed by atoms with Crippen LogP contribution in [0.25, 0.3) is 0 Å². The van der Waals surface area contributed by atoms with Crippen LogP contribution in [0.2, 0.25) is 0 Å². The van der Waals surface area contributed by atoms with Crippen molar-refractivity contribution in [1.82, 2.24) is 4.98 Å². The molecule has 0 N–H and O–H groups in total. The summed E-state index contributed by atoms with van der Waals surface area (Å²) in [5.74, 6) is 1.07. The van der Waals surface area contributed by atoms with E-state index in [2.05, 4.69) is 11.1 Å². The van der Waals surface area contributed by atoms with E-state index >= 15 is 0 Å². The summed E-state index contributed by atoms with van der Waals surface area (Å²) in [4.78, 5) is 5.55. The molecule has 0 aliphatic carbocycles. The summed E-state index contributed by atoms with van der Waals surface area (Å²) in [6.45, 7) is 0. The van der Waals surface area contributed by atoms with E-state index in [1.165, 1.54) is 10.6 Å². The number of hydrogen-bond donors (Lipinski definition) is 0. The molecule has 0 bridgehead atoms. The fourth-order valence-electron chi connectivity index (χ4n) is 0.756. The molecule has 9 heavy (non-hydrogen) atoms. The number of rotatable bonds is 0. The van der Waals surface area contributed by atoms with Crippen molar-refractivity contribution in [2.75, 3.05) is 0 Å². The Kier molecular flexibility index (Phi) is 1.39. The maximum absolute atomic E-state index is 4.22. The second-order valence-electron chi connectivity index (χ2n) is 1.79. The SMILES string of the molecule is c1cnc2c(c1)SSC2. The first kappa shape index (κ1) is 5.62. The third kappa shape index (κ3) is 0.946. The van der Waals surface area contributed by atoms with E-state index in [0.717, 1.165) is 5.75 Å². The quantitative estimate of drug-likeness (QED) is 0.534. The van der Waals surface area contributed by atoms with E-state index < -0.39 is 0 Å². The van der Waals surface area contributed by atoms with E-state index in [4.69, 9.17) is 0 Å². The molecule has 1 aromatic heterocycles. The highest BCUT2D eigenvalue weighted by molar-refractivity contribution is 8.76. The molecule has 0 saturated heterocycles. The van der Waals surface area contributed by atoms with Gasteiger partial charge in [-0.2, -0.15) is 0 Å². The topological polar surface area (TPSA) is 12.9 Å². The van der Waals surface area contributed by atoms with Crippen LogP contribution in [0.1, 0.15) is 5.69 Å². The number of fused-ring (bicyclic) bond motifs is 1. The Hall–Kier alpha value is -0.150. The van der Waals surface area contributed by atoms with E-state index in [9.17, 15) is 0 Å². The smallest absolute Gasteiger partial charge is 0.0655 e. The molecule has 2 heterocycles. The van der Waals surface area contributed by atoms with Crippen molar-refractivity contribution in [2.45, 2.75) is 10.6 Å². The second kappa shape index (κ2) is 2.23. The lowest BCUT2D eigenvalue weighted by molar-refractivity contribution is 1.11. The van der Waals surface area contributed by atoms with Gasteiger partial charge in [-0.3, -0.25) is 4.98 Å². The summed E-state index contributed by atoms with van der Waals surface area (Å²) in [5.41, 5.74) is 1.24. The maximum Gasteiger partial charge on any atom is 0.0655 e. The predicted molar refractivity (Wildman–Crippen MR) is 41.4 cm³/mol. The lowest BCUT2D eigenvalue weighted by Gasteiger charge is -1.89. The Morgan fingerprint density at radius 1 is 1.56 bits per heavy atom. The molecule has 3 heteroatoms. The highest BCUT2D eigenvalue weighted by Gasteiger charge is 2.10. The first-order valence-corrected chi connectivity index (χ1v) is 5.02. The van der Waals surface area contributed by atoms with Gasteiger partial charge in [0.1, 0.15) is 0 Å². The van der Waals surface area contributed by atoms with Crippen LogP contribution >= 0.6 is 21.6 Å². The van der Waals surface area contributed by atoms with Gasteiger partial charge in [-0.15, -0.1) is 0 Å². The highest BCUT2D eigenvalue weighted by atomic mass is 33.1. The molecule has 0 saturated carbocycles. The van der Waals surface area contributed by atoms with Crippen molar-refractivity contribution >= 4 is 21.6 Å². The number of aromatic nitrogens is 1. The van der Waals surface area contributed by atoms with Crippen LogP contribution < -0.4 is 0 Å². The molecule has 0 unspecified atom stereocenters. The summed E-state index contributed by atoms with van der Waals surface area (Å²) >= 11 is 0. The molecule has 0 fully saturated rings. The molecule has 0 atom stereocenters. The van der Waals surface area contributed by atoms with Crippen LogP contribution in [0.4, 0.5) is 0 Å². The van der Waals surface area contributed by atoms with Crippen molar-refractivity contribution in [2.24, 2.45) is 0 Å². The molecule has 1 aliphatic rings. The summed E-state index contributed by atoms with van der Waals surface area (Å²) in [7, 11) is 3.68. The standard InChI is InChI=1S/C6H5NS2/c1-2-6-5(7-3-1)4-8-9-6/h1-3H,4H2. The minimum absolute atomic E-state index is 1.07. The predicted octanol–water partition coefficient (Wildman–Crippen LogP) is 2.34. The molecule has 46 valence electrons. The number of hydrogen-bond acceptors (Lipinski definition) is 3. The van der Waals surface area contributed by atoms with Gasteiger partial charge < -0.3 is 0 Å². The van der Waals surface area contributed by atoms with Crippen LogP contribution in [0.15, 0.2) is 23.2 Å². The van der Waals surface area contributed by atoms with Gasteiger partial charge in [0, 0.05) is 16.8 Å². The van der Waals surface area contributed by atoms with Gasteiger partial charge in [0.15, 0.2) is 0 Å². The fourth-order valence-corrected chi connectivity index (χ4v) is 3.08. The molecule has 1 nitrogen and oxygen atoms in total. The van der Waals surface area contributed by atoms with Gasteiger partial charge in [0.25, 0.3) is 0 Å². The van der Waals surface area contributed by atoms with Gasteiger partial charge in [0.05, 0.1) is 5.69 Å². The van der Waals surface area contributed by atoms with E-state index in [1.807, 2.05) is 33.9 Å². The molecule has 0 amide bonds. The van der Waals surface area contributed by atoms with Gasteiger partial charge in [0.2, 0.25) is 0 Å². The summed E-state index contributed by atoms with van der Waals surface area (Å²) in [6, 6.07) is 4.10. The van der Waals surface area contributed by atoms with Crippen molar-refractivity contribution in [3.05, 3.63) is 24.0 Å². The molecule has 0 aromatic carbocycles. The monoisotopic (exact) mass is 155 g/mol. The average Bonchev–Trinajstić information content (AvgIpc) is 2.33. The highest BCUT2D eigenvalue weighted by Crippen LogP contribution is 2.42. The van der Waals surface area contributed by atoms with Crippen molar-refractivity contribution in [3.63, 3.8) is 0 Å². The number of nitrogens with zero attached hydrogens (tertiary/aromatic N) is 1. The van der Waals surface area contributed by atoms with Crippen LogP contribution in [-0.2, 0) is 5.75 Å². The largest absolute Gasteiger partial charge is 0.259 e. The Morgan fingerprint density at radius 2 is 2.56 bits per heavy atom. The Bertz CT molecular complexity index is 201. The molecular weight excluding hydrogens is 150 g/mol. The number of pyridine rings is 1. The molecule has 1 aliphatic heterocycles. The third-order valence-corrected chi connectivity index (χ3v) is 3.50. The lowest BCUT2D eigenvalue weighted by Crippen LogP contribution is -1.80. The fraction of sp³-hybridized carbons (Fsp3) is 0.167. The lowest BCUT2D eigenvalue weighted by atomic mass is 10.4. The average molecular weight is 155 g/mol. The molecule has 0 radical (unpaired) electrons. The van der Waals surface area contributed by atoms with Gasteiger partial charge in [-0.1, -0.05) is 21.6 Å². The minimum Gasteiger partial charge on any atom is -0.259 e. The van der Waals surface area contributed by atoms with Crippen molar-refractivity contribution < 1.29 is 0 Å². The van der Waals surface area contributed by atoms with E-state index in [0.29, 0.717) is 0 Å². The van der Waals surface area contributed by atoms with Crippen LogP contribution in [0.5, 0.6) is 0 Å². The van der Waals surface area contributed by atoms with Crippen LogP contribution in [0.3, 0.4) is 0 Å². The first-order valence-electron chi connectivity index (χ1n) is 2.70. The molecule has 1 aromatic rings. The molecule has 0 spiro atoms. The summed E-state index contributed by atoms with van der Waals surface area (Å²) in [6.07, 6.45) is 1.85. The first-order chi connectivity index (χ1) is 4.47. The normalized spacial score (nSPS) is 15.6. The summed E-state index contributed by atoms with van der Waals surface area (Å²) in [5, 5.41) is 0. The minimum atomic E-state index is 1.07. The van der Waals surface area contributed by atoms with Crippen LogP contribution in [-0.4, -0.2) is 4.98 Å². The van der Waals surface area contributed by atoms with E-state index in [1.54, 1.807) is 0 Å². The Labute approximate surface area is 61.7 Å². The van der Waals surface area contributed by atoms with Gasteiger partial charge >= 0.3 is 0 Å². The summed E-state index contributed by atoms with van der Waals surface area (Å²) < 4.78 is 0. The maximum atomic E-state index is 4.22. The Balaban J connectivity index is 2.54. The second-order valence-corrected chi connectivity index (χ2v) is 4.13. The van der Waals surface area contributed by atoms with E-state index in [-0.39, 0.29) is 0 Å². The zero-order chi connectivity index (χ0) is 6.10. The van der Waals surface area contributed by atoms with Crippen LogP contribution in [0, 0.1) is 0 Å². The van der Waals surface area contributed by atoms with Gasteiger partial charge in [-0.25, -0.2) is 0 Å². The van der Waals surface area contributed by atoms with Crippen molar-refractivity contribution in [1.29, 1.82) is 0 Å². The molecular formula is C6H5NS2. The zero-order valence-corrected chi connectivity index (χ0v) is 6.34. The van der Waals surface area contributed by atoms with Gasteiger partial charge in [-0.05, 0) is 12.1 Å². The Morgan fingerprint density at radius 3 is 3.44 bits per heavy atom. The van der Waals surface area contributed by atoms with Crippen molar-refractivity contribution in [3.8, 4) is 0 Å². The third-order valence-electron chi connectivity index (χ3n) is 1.19.